The van der Waals surface area contributed by atoms with Gasteiger partial charge in [-0.15, -0.1) is 0 Å². The molecule has 1 atom stereocenters. The molecular formula is C20H18FN5O2. The molecular weight excluding hydrogens is 361 g/mol. The van der Waals surface area contributed by atoms with E-state index in [-0.39, 0.29) is 0 Å². The Balaban J connectivity index is 1.56. The minimum atomic E-state index is -0.484. The van der Waals surface area contributed by atoms with Crippen molar-refractivity contribution in [1.29, 1.82) is 0 Å². The molecule has 0 unspecified atom stereocenters. The lowest BCUT2D eigenvalue weighted by Crippen LogP contribution is -2.49. The van der Waals surface area contributed by atoms with Crippen LogP contribution in [0.2, 0.25) is 0 Å². The van der Waals surface area contributed by atoms with E-state index < -0.39 is 11.4 Å². The summed E-state index contributed by atoms with van der Waals surface area (Å²) in [5.41, 5.74) is 1.80. The molecule has 0 saturated carbocycles. The first-order valence-corrected chi connectivity index (χ1v) is 9.14. The first-order chi connectivity index (χ1) is 13.6. The fourth-order valence-corrected chi connectivity index (χ4v) is 3.63. The van der Waals surface area contributed by atoms with Crippen molar-refractivity contribution >= 4 is 22.4 Å². The van der Waals surface area contributed by atoms with Gasteiger partial charge in [0.2, 0.25) is 5.78 Å². The zero-order valence-electron chi connectivity index (χ0n) is 15.2. The average molecular weight is 379 g/mol. The third-order valence-corrected chi connectivity index (χ3v) is 5.01. The molecule has 1 fully saturated rings. The number of imidazole rings is 1. The van der Waals surface area contributed by atoms with Crippen molar-refractivity contribution in [3.63, 3.8) is 0 Å². The van der Waals surface area contributed by atoms with Gasteiger partial charge in [-0.2, -0.15) is 0 Å². The Bertz CT molecular complexity index is 1250. The van der Waals surface area contributed by atoms with Gasteiger partial charge in [0.05, 0.1) is 17.5 Å². The van der Waals surface area contributed by atoms with Crippen molar-refractivity contribution in [3.8, 4) is 11.3 Å². The van der Waals surface area contributed by atoms with E-state index in [1.807, 2.05) is 18.2 Å². The zero-order valence-corrected chi connectivity index (χ0v) is 15.2. The van der Waals surface area contributed by atoms with Crippen LogP contribution in [0.3, 0.4) is 0 Å². The molecule has 1 saturated heterocycles. The molecule has 0 amide bonds. The van der Waals surface area contributed by atoms with Gasteiger partial charge >= 0.3 is 5.63 Å². The lowest BCUT2D eigenvalue weighted by Gasteiger charge is -2.33. The van der Waals surface area contributed by atoms with E-state index in [1.165, 1.54) is 10.6 Å². The molecule has 5 rings (SSSR count). The summed E-state index contributed by atoms with van der Waals surface area (Å²) in [5, 5.41) is 4.22. The summed E-state index contributed by atoms with van der Waals surface area (Å²) in [6.45, 7) is 4.88. The highest BCUT2D eigenvalue weighted by Crippen LogP contribution is 2.25. The fourth-order valence-electron chi connectivity index (χ4n) is 3.63. The van der Waals surface area contributed by atoms with Crippen LogP contribution in [0.5, 0.6) is 0 Å². The van der Waals surface area contributed by atoms with Gasteiger partial charge in [0, 0.05) is 55.2 Å². The molecule has 1 aliphatic heterocycles. The molecule has 4 heterocycles. The SMILES string of the molecule is C[C@@H]1CN(c2ccc3cc(-c4cn5cc(F)cnc5n4)c(=O)oc3c2)CCN1. The van der Waals surface area contributed by atoms with Gasteiger partial charge in [0.25, 0.3) is 0 Å². The maximum absolute atomic E-state index is 13.4. The van der Waals surface area contributed by atoms with E-state index >= 15 is 0 Å². The first kappa shape index (κ1) is 16.9. The van der Waals surface area contributed by atoms with Crippen LogP contribution >= 0.6 is 0 Å². The van der Waals surface area contributed by atoms with Crippen molar-refractivity contribution in [2.45, 2.75) is 13.0 Å². The molecule has 1 aromatic carbocycles. The third kappa shape index (κ3) is 2.91. The highest BCUT2D eigenvalue weighted by atomic mass is 19.1. The second kappa shape index (κ2) is 6.42. The van der Waals surface area contributed by atoms with Gasteiger partial charge in [-0.05, 0) is 25.1 Å². The van der Waals surface area contributed by atoms with Crippen molar-refractivity contribution in [2.24, 2.45) is 0 Å². The fraction of sp³-hybridized carbons (Fsp3) is 0.250. The summed E-state index contributed by atoms with van der Waals surface area (Å²) >= 11 is 0. The number of fused-ring (bicyclic) bond motifs is 2. The Hall–Kier alpha value is -3.26. The molecule has 0 spiro atoms. The predicted octanol–water partition coefficient (Wildman–Crippen LogP) is 2.44. The summed E-state index contributed by atoms with van der Waals surface area (Å²) in [6, 6.07) is 8.04. The van der Waals surface area contributed by atoms with Gasteiger partial charge in [0.1, 0.15) is 5.58 Å². The van der Waals surface area contributed by atoms with Gasteiger partial charge < -0.3 is 14.6 Å². The summed E-state index contributed by atoms with van der Waals surface area (Å²) < 4.78 is 20.4. The van der Waals surface area contributed by atoms with Crippen LogP contribution in [0, 0.1) is 5.82 Å². The van der Waals surface area contributed by atoms with Gasteiger partial charge in [-0.1, -0.05) is 0 Å². The molecule has 7 nitrogen and oxygen atoms in total. The van der Waals surface area contributed by atoms with Crippen molar-refractivity contribution < 1.29 is 8.81 Å². The Morgan fingerprint density at radius 2 is 2.18 bits per heavy atom. The smallest absolute Gasteiger partial charge is 0.345 e. The topological polar surface area (TPSA) is 75.7 Å². The molecule has 4 aromatic rings. The van der Waals surface area contributed by atoms with Gasteiger partial charge in [0.15, 0.2) is 5.82 Å². The molecule has 8 heteroatoms. The van der Waals surface area contributed by atoms with Crippen molar-refractivity contribution in [3.05, 3.63) is 59.1 Å². The number of piperazine rings is 1. The lowest BCUT2D eigenvalue weighted by atomic mass is 10.1. The quantitative estimate of drug-likeness (QED) is 0.539. The minimum Gasteiger partial charge on any atom is -0.422 e. The number of nitrogens with zero attached hydrogens (tertiary/aromatic N) is 4. The van der Waals surface area contributed by atoms with Crippen LogP contribution < -0.4 is 15.8 Å². The van der Waals surface area contributed by atoms with Crippen LogP contribution in [0.4, 0.5) is 10.1 Å². The van der Waals surface area contributed by atoms with Crippen LogP contribution in [0.15, 0.2) is 52.1 Å². The third-order valence-electron chi connectivity index (χ3n) is 5.01. The normalized spacial score (nSPS) is 17.5. The van der Waals surface area contributed by atoms with Crippen LogP contribution in [0.25, 0.3) is 28.0 Å². The monoisotopic (exact) mass is 379 g/mol. The number of halogens is 1. The Labute approximate surface area is 159 Å². The van der Waals surface area contributed by atoms with E-state index in [1.54, 1.807) is 12.3 Å². The Kier molecular flexibility index (Phi) is 3.87. The average Bonchev–Trinajstić information content (AvgIpc) is 3.10. The number of hydrogen-bond donors (Lipinski definition) is 1. The van der Waals surface area contributed by atoms with E-state index in [2.05, 4.69) is 27.1 Å². The number of benzene rings is 1. The van der Waals surface area contributed by atoms with E-state index in [0.717, 1.165) is 36.9 Å². The molecule has 142 valence electrons. The molecule has 28 heavy (non-hydrogen) atoms. The second-order valence-corrected chi connectivity index (χ2v) is 7.08. The number of nitrogens with one attached hydrogen (secondary N) is 1. The number of hydrogen-bond acceptors (Lipinski definition) is 6. The van der Waals surface area contributed by atoms with E-state index in [4.69, 9.17) is 4.42 Å². The maximum atomic E-state index is 13.4. The second-order valence-electron chi connectivity index (χ2n) is 7.08. The zero-order chi connectivity index (χ0) is 19.3. The van der Waals surface area contributed by atoms with Crippen LogP contribution in [-0.2, 0) is 0 Å². The molecule has 1 N–H and O–H groups in total. The number of rotatable bonds is 2. The van der Waals surface area contributed by atoms with Crippen molar-refractivity contribution in [1.82, 2.24) is 19.7 Å². The summed E-state index contributed by atoms with van der Waals surface area (Å²) in [6.07, 6.45) is 3.93. The Morgan fingerprint density at radius 3 is 3.04 bits per heavy atom. The standard InChI is InChI=1S/C20H18FN5O2/c1-12-9-25(5-4-22-12)15-3-2-13-6-16(19(27)28-18(13)7-15)17-11-26-10-14(21)8-23-20(26)24-17/h2-3,6-8,10-12,22H,4-5,9H2,1H3/t12-/m1/s1. The van der Waals surface area contributed by atoms with Crippen molar-refractivity contribution in [2.75, 3.05) is 24.5 Å². The predicted molar refractivity (Wildman–Crippen MR) is 104 cm³/mol. The Morgan fingerprint density at radius 1 is 1.29 bits per heavy atom. The van der Waals surface area contributed by atoms with E-state index in [9.17, 15) is 9.18 Å². The maximum Gasteiger partial charge on any atom is 0.345 e. The summed E-state index contributed by atoms with van der Waals surface area (Å²) in [7, 11) is 0. The lowest BCUT2D eigenvalue weighted by molar-refractivity contribution is 0.484. The highest BCUT2D eigenvalue weighted by molar-refractivity contribution is 5.84. The minimum absolute atomic E-state index is 0.319. The van der Waals surface area contributed by atoms with E-state index in [0.29, 0.717) is 28.7 Å². The summed E-state index contributed by atoms with van der Waals surface area (Å²) in [5.74, 6) is -0.157. The highest BCUT2D eigenvalue weighted by Gasteiger charge is 2.17. The number of aromatic nitrogens is 3. The molecule has 0 aliphatic carbocycles. The van der Waals surface area contributed by atoms with Gasteiger partial charge in [-0.3, -0.25) is 4.40 Å². The van der Waals surface area contributed by atoms with Crippen LogP contribution in [-0.4, -0.2) is 40.0 Å². The first-order valence-electron chi connectivity index (χ1n) is 9.14. The number of anilines is 1. The van der Waals surface area contributed by atoms with Crippen LogP contribution in [0.1, 0.15) is 6.92 Å². The molecule has 0 bridgehead atoms. The molecule has 0 radical (unpaired) electrons. The molecule has 3 aromatic heterocycles. The molecule has 1 aliphatic rings. The largest absolute Gasteiger partial charge is 0.422 e. The van der Waals surface area contributed by atoms with Gasteiger partial charge in [-0.25, -0.2) is 19.2 Å². The summed E-state index contributed by atoms with van der Waals surface area (Å²) in [4.78, 5) is 23.1.